The smallest absolute Gasteiger partial charge is 0.253 e. The molecular formula is C26H31N3O5. The largest absolute Gasteiger partial charge is 0.497 e. The topological polar surface area (TPSA) is 88.2 Å². The average molecular weight is 466 g/mol. The minimum absolute atomic E-state index is 0.00415. The van der Waals surface area contributed by atoms with Crippen LogP contribution in [0.15, 0.2) is 54.6 Å². The maximum atomic E-state index is 13.5. The molecule has 2 saturated heterocycles. The first-order valence-corrected chi connectivity index (χ1v) is 11.7. The summed E-state index contributed by atoms with van der Waals surface area (Å²) in [6.07, 6.45) is 1.27. The molecule has 8 nitrogen and oxygen atoms in total. The number of morpholine rings is 1. The van der Waals surface area contributed by atoms with Gasteiger partial charge in [0, 0.05) is 37.3 Å². The first-order valence-electron chi connectivity index (χ1n) is 11.7. The summed E-state index contributed by atoms with van der Waals surface area (Å²) >= 11 is 0. The molecule has 34 heavy (non-hydrogen) atoms. The summed E-state index contributed by atoms with van der Waals surface area (Å²) in [5, 5.41) is 3.00. The second-order valence-corrected chi connectivity index (χ2v) is 8.62. The zero-order chi connectivity index (χ0) is 23.9. The Bertz CT molecular complexity index is 999. The van der Waals surface area contributed by atoms with Gasteiger partial charge in [-0.15, -0.1) is 0 Å². The molecule has 0 spiro atoms. The van der Waals surface area contributed by atoms with Crippen molar-refractivity contribution in [2.45, 2.75) is 18.9 Å². The lowest BCUT2D eigenvalue weighted by Gasteiger charge is -2.38. The Morgan fingerprint density at radius 1 is 0.912 bits per heavy atom. The molecule has 2 fully saturated rings. The lowest BCUT2D eigenvalue weighted by molar-refractivity contribution is -0.139. The van der Waals surface area contributed by atoms with E-state index in [2.05, 4.69) is 5.32 Å². The molecule has 2 aromatic rings. The van der Waals surface area contributed by atoms with Gasteiger partial charge in [0.2, 0.25) is 5.91 Å². The number of carbonyl (C=O) groups excluding carboxylic acids is 3. The van der Waals surface area contributed by atoms with Crippen LogP contribution in [0.1, 0.15) is 33.6 Å². The highest BCUT2D eigenvalue weighted by Gasteiger charge is 2.36. The van der Waals surface area contributed by atoms with Crippen LogP contribution >= 0.6 is 0 Å². The summed E-state index contributed by atoms with van der Waals surface area (Å²) in [7, 11) is 1.55. The second kappa shape index (κ2) is 11.2. The lowest BCUT2D eigenvalue weighted by Crippen LogP contribution is -2.56. The molecule has 0 aliphatic carbocycles. The molecule has 2 aliphatic rings. The molecule has 0 saturated carbocycles. The normalized spacial score (nSPS) is 17.7. The molecule has 3 amide bonds. The van der Waals surface area contributed by atoms with Gasteiger partial charge in [-0.1, -0.05) is 24.3 Å². The fourth-order valence-corrected chi connectivity index (χ4v) is 4.55. The van der Waals surface area contributed by atoms with Crippen molar-refractivity contribution in [2.24, 2.45) is 5.92 Å². The van der Waals surface area contributed by atoms with E-state index in [4.69, 9.17) is 9.47 Å². The van der Waals surface area contributed by atoms with Crippen LogP contribution < -0.4 is 10.1 Å². The van der Waals surface area contributed by atoms with Crippen molar-refractivity contribution in [3.63, 3.8) is 0 Å². The molecule has 4 rings (SSSR count). The van der Waals surface area contributed by atoms with Gasteiger partial charge in [0.15, 0.2) is 0 Å². The number of nitrogens with one attached hydrogen (secondary N) is 1. The van der Waals surface area contributed by atoms with Crippen LogP contribution in [0.25, 0.3) is 0 Å². The van der Waals surface area contributed by atoms with Gasteiger partial charge in [0.1, 0.15) is 11.8 Å². The van der Waals surface area contributed by atoms with E-state index < -0.39 is 6.04 Å². The maximum absolute atomic E-state index is 13.5. The highest BCUT2D eigenvalue weighted by atomic mass is 16.5. The van der Waals surface area contributed by atoms with E-state index in [1.807, 2.05) is 35.2 Å². The number of hydrogen-bond acceptors (Lipinski definition) is 5. The average Bonchev–Trinajstić information content (AvgIpc) is 2.92. The summed E-state index contributed by atoms with van der Waals surface area (Å²) in [5.74, 6) is 0.109. The summed E-state index contributed by atoms with van der Waals surface area (Å²) in [5.41, 5.74) is 1.10. The Morgan fingerprint density at radius 2 is 1.59 bits per heavy atom. The summed E-state index contributed by atoms with van der Waals surface area (Å²) in [4.78, 5) is 43.0. The molecule has 0 unspecified atom stereocenters. The van der Waals surface area contributed by atoms with Gasteiger partial charge in [-0.3, -0.25) is 14.4 Å². The summed E-state index contributed by atoms with van der Waals surface area (Å²) in [6.45, 7) is 3.09. The summed E-state index contributed by atoms with van der Waals surface area (Å²) in [6, 6.07) is 15.4. The van der Waals surface area contributed by atoms with Crippen LogP contribution in [0.2, 0.25) is 0 Å². The number of rotatable bonds is 6. The highest BCUT2D eigenvalue weighted by Crippen LogP contribution is 2.24. The molecule has 0 radical (unpaired) electrons. The number of methoxy groups -OCH3 is 1. The van der Waals surface area contributed by atoms with Crippen LogP contribution in [0, 0.1) is 5.92 Å². The molecule has 8 heteroatoms. The van der Waals surface area contributed by atoms with E-state index in [1.165, 1.54) is 0 Å². The number of ether oxygens (including phenoxy) is 2. The van der Waals surface area contributed by atoms with Gasteiger partial charge < -0.3 is 24.6 Å². The Labute approximate surface area is 199 Å². The van der Waals surface area contributed by atoms with E-state index in [1.54, 1.807) is 36.3 Å². The molecule has 2 aromatic carbocycles. The number of hydrogen-bond donors (Lipinski definition) is 1. The minimum Gasteiger partial charge on any atom is -0.497 e. The van der Waals surface area contributed by atoms with Crippen LogP contribution in [-0.2, 0) is 9.53 Å². The maximum Gasteiger partial charge on any atom is 0.253 e. The number of carbonyl (C=O) groups is 3. The SMILES string of the molecule is COc1cccc(C(=O)N[C@H](C(=O)N2CCOCC2)C2CCN(C(=O)c3ccccc3)CC2)c1. The third kappa shape index (κ3) is 5.56. The standard InChI is InChI=1S/C26H31N3O5/c1-33-22-9-5-8-21(18-22)24(30)27-23(26(32)29-14-16-34-17-15-29)19-10-12-28(13-11-19)25(31)20-6-3-2-4-7-20/h2-9,18-19,23H,10-17H2,1H3,(H,27,30)/t23-/m0/s1. The van der Waals surface area contributed by atoms with Gasteiger partial charge >= 0.3 is 0 Å². The highest BCUT2D eigenvalue weighted by molar-refractivity contribution is 5.98. The second-order valence-electron chi connectivity index (χ2n) is 8.62. The first-order chi connectivity index (χ1) is 16.6. The Balaban J connectivity index is 1.47. The van der Waals surface area contributed by atoms with Gasteiger partial charge in [-0.05, 0) is 49.1 Å². The number of benzene rings is 2. The van der Waals surface area contributed by atoms with Crippen LogP contribution in [-0.4, -0.2) is 80.1 Å². The zero-order valence-corrected chi connectivity index (χ0v) is 19.4. The monoisotopic (exact) mass is 465 g/mol. The van der Waals surface area contributed by atoms with E-state index >= 15 is 0 Å². The van der Waals surface area contributed by atoms with Gasteiger partial charge in [0.05, 0.1) is 20.3 Å². The third-order valence-corrected chi connectivity index (χ3v) is 6.53. The van der Waals surface area contributed by atoms with E-state index in [-0.39, 0.29) is 23.6 Å². The van der Waals surface area contributed by atoms with Crippen molar-refractivity contribution in [1.82, 2.24) is 15.1 Å². The van der Waals surface area contributed by atoms with Crippen LogP contribution in [0.5, 0.6) is 5.75 Å². The fraction of sp³-hybridized carbons (Fsp3) is 0.423. The summed E-state index contributed by atoms with van der Waals surface area (Å²) < 4.78 is 10.6. The van der Waals surface area contributed by atoms with Crippen LogP contribution in [0.4, 0.5) is 0 Å². The molecule has 0 bridgehead atoms. The molecule has 1 atom stereocenters. The number of nitrogens with zero attached hydrogens (tertiary/aromatic N) is 2. The first kappa shape index (κ1) is 23.8. The lowest BCUT2D eigenvalue weighted by atomic mass is 9.87. The Morgan fingerprint density at radius 3 is 2.26 bits per heavy atom. The van der Waals surface area contributed by atoms with E-state index in [0.29, 0.717) is 69.1 Å². The van der Waals surface area contributed by atoms with E-state index in [0.717, 1.165) is 0 Å². The van der Waals surface area contributed by atoms with E-state index in [9.17, 15) is 14.4 Å². The molecular weight excluding hydrogens is 434 g/mol. The fourth-order valence-electron chi connectivity index (χ4n) is 4.55. The third-order valence-electron chi connectivity index (χ3n) is 6.53. The van der Waals surface area contributed by atoms with Gasteiger partial charge in [0.25, 0.3) is 11.8 Å². The number of likely N-dealkylation sites (tertiary alicyclic amines) is 1. The minimum atomic E-state index is -0.661. The zero-order valence-electron chi connectivity index (χ0n) is 19.4. The molecule has 2 aliphatic heterocycles. The molecule has 1 N–H and O–H groups in total. The Kier molecular flexibility index (Phi) is 7.80. The number of piperidine rings is 1. The molecule has 0 aromatic heterocycles. The molecule has 180 valence electrons. The van der Waals surface area contributed by atoms with Crippen molar-refractivity contribution < 1.29 is 23.9 Å². The molecule has 2 heterocycles. The Hall–Kier alpha value is -3.39. The predicted octanol–water partition coefficient (Wildman–Crippen LogP) is 2.20. The van der Waals surface area contributed by atoms with Crippen molar-refractivity contribution in [1.29, 1.82) is 0 Å². The predicted molar refractivity (Wildman–Crippen MR) is 127 cm³/mol. The van der Waals surface area contributed by atoms with Gasteiger partial charge in [-0.2, -0.15) is 0 Å². The number of amides is 3. The van der Waals surface area contributed by atoms with Crippen LogP contribution in [0.3, 0.4) is 0 Å². The van der Waals surface area contributed by atoms with Crippen molar-refractivity contribution in [3.05, 3.63) is 65.7 Å². The van der Waals surface area contributed by atoms with Gasteiger partial charge in [-0.25, -0.2) is 0 Å². The quantitative estimate of drug-likeness (QED) is 0.707. The van der Waals surface area contributed by atoms with Crippen molar-refractivity contribution >= 4 is 17.7 Å². The van der Waals surface area contributed by atoms with Crippen molar-refractivity contribution in [3.8, 4) is 5.75 Å². The van der Waals surface area contributed by atoms with Crippen molar-refractivity contribution in [2.75, 3.05) is 46.5 Å².